The summed E-state index contributed by atoms with van der Waals surface area (Å²) in [6.07, 6.45) is 2.80. The van der Waals surface area contributed by atoms with Crippen LogP contribution >= 0.6 is 0 Å². The highest BCUT2D eigenvalue weighted by Gasteiger charge is 2.54. The second kappa shape index (κ2) is 6.22. The van der Waals surface area contributed by atoms with Gasteiger partial charge in [0.2, 0.25) is 5.91 Å². The number of hydrogen-bond acceptors (Lipinski definition) is 3. The standard InChI is InChI=1S/C18H23NO4/c1-10(11-5-7-14(23-2)8-6-11)19-17(20)15-12-3-4-13(9-12)16(15)18(21)22/h5-8,10,12-13,15-16H,3-4,9H2,1-2H3,(H,19,20)(H,21,22)/t10-,12+,13-,15-,16-/m0/s1. The number of methoxy groups -OCH3 is 1. The van der Waals surface area contributed by atoms with Gasteiger partial charge in [-0.3, -0.25) is 9.59 Å². The van der Waals surface area contributed by atoms with E-state index in [0.29, 0.717) is 0 Å². The number of carboxylic acid groups (broad SMARTS) is 1. The van der Waals surface area contributed by atoms with Crippen molar-refractivity contribution in [1.82, 2.24) is 5.32 Å². The lowest BCUT2D eigenvalue weighted by Crippen LogP contribution is -2.42. The van der Waals surface area contributed by atoms with Crippen LogP contribution in [0, 0.1) is 23.7 Å². The highest BCUT2D eigenvalue weighted by atomic mass is 16.5. The first-order valence-electron chi connectivity index (χ1n) is 8.18. The second-order valence-corrected chi connectivity index (χ2v) is 6.73. The van der Waals surface area contributed by atoms with Crippen LogP contribution in [0.4, 0.5) is 0 Å². The molecule has 0 saturated heterocycles. The molecule has 5 nitrogen and oxygen atoms in total. The van der Waals surface area contributed by atoms with Gasteiger partial charge < -0.3 is 15.2 Å². The average Bonchev–Trinajstić information content (AvgIpc) is 3.15. The summed E-state index contributed by atoms with van der Waals surface area (Å²) < 4.78 is 5.13. The van der Waals surface area contributed by atoms with Crippen molar-refractivity contribution in [2.24, 2.45) is 23.7 Å². The number of carbonyl (C=O) groups excluding carboxylic acids is 1. The third kappa shape index (κ3) is 2.92. The first kappa shape index (κ1) is 15.8. The lowest BCUT2D eigenvalue weighted by molar-refractivity contribution is -0.149. The molecule has 3 rings (SSSR count). The Bertz CT molecular complexity index is 598. The first-order chi connectivity index (χ1) is 11.0. The van der Waals surface area contributed by atoms with Crippen molar-refractivity contribution < 1.29 is 19.4 Å². The van der Waals surface area contributed by atoms with Crippen molar-refractivity contribution in [3.63, 3.8) is 0 Å². The normalized spacial score (nSPS) is 30.0. The van der Waals surface area contributed by atoms with E-state index in [-0.39, 0.29) is 29.7 Å². The molecule has 2 saturated carbocycles. The highest BCUT2D eigenvalue weighted by molar-refractivity contribution is 5.86. The van der Waals surface area contributed by atoms with Gasteiger partial charge in [-0.15, -0.1) is 0 Å². The molecule has 124 valence electrons. The molecule has 2 bridgehead atoms. The molecule has 2 aliphatic rings. The highest BCUT2D eigenvalue weighted by Crippen LogP contribution is 2.52. The zero-order valence-electron chi connectivity index (χ0n) is 13.5. The van der Waals surface area contributed by atoms with Crippen LogP contribution < -0.4 is 10.1 Å². The van der Waals surface area contributed by atoms with Gasteiger partial charge in [0.1, 0.15) is 5.75 Å². The lowest BCUT2D eigenvalue weighted by atomic mass is 9.78. The molecule has 0 aromatic heterocycles. The number of ether oxygens (including phenoxy) is 1. The van der Waals surface area contributed by atoms with E-state index in [0.717, 1.165) is 30.6 Å². The van der Waals surface area contributed by atoms with Gasteiger partial charge in [0, 0.05) is 0 Å². The Morgan fingerprint density at radius 3 is 2.35 bits per heavy atom. The molecule has 0 unspecified atom stereocenters. The molecule has 2 N–H and O–H groups in total. The molecule has 1 aromatic carbocycles. The van der Waals surface area contributed by atoms with Crippen molar-refractivity contribution in [3.05, 3.63) is 29.8 Å². The third-order valence-electron chi connectivity index (χ3n) is 5.48. The first-order valence-corrected chi connectivity index (χ1v) is 8.18. The molecular weight excluding hydrogens is 294 g/mol. The topological polar surface area (TPSA) is 75.6 Å². The summed E-state index contributed by atoms with van der Waals surface area (Å²) in [5.41, 5.74) is 0.981. The maximum absolute atomic E-state index is 12.7. The second-order valence-electron chi connectivity index (χ2n) is 6.73. The monoisotopic (exact) mass is 317 g/mol. The number of rotatable bonds is 5. The predicted molar refractivity (Wildman–Crippen MR) is 85.0 cm³/mol. The Balaban J connectivity index is 1.69. The molecule has 0 radical (unpaired) electrons. The lowest BCUT2D eigenvalue weighted by Gasteiger charge is -2.28. The number of amides is 1. The van der Waals surface area contributed by atoms with Crippen LogP contribution in [0.3, 0.4) is 0 Å². The number of carbonyl (C=O) groups is 2. The number of benzene rings is 1. The van der Waals surface area contributed by atoms with E-state index in [1.165, 1.54) is 0 Å². The zero-order chi connectivity index (χ0) is 16.6. The molecule has 2 fully saturated rings. The van der Waals surface area contributed by atoms with Crippen LogP contribution in [0.5, 0.6) is 5.75 Å². The fourth-order valence-corrected chi connectivity index (χ4v) is 4.31. The smallest absolute Gasteiger partial charge is 0.307 e. The Morgan fingerprint density at radius 2 is 1.78 bits per heavy atom. The van der Waals surface area contributed by atoms with Crippen LogP contribution in [0.25, 0.3) is 0 Å². The van der Waals surface area contributed by atoms with Crippen LogP contribution in [0.15, 0.2) is 24.3 Å². The van der Waals surface area contributed by atoms with Gasteiger partial charge in [-0.05, 0) is 55.7 Å². The number of nitrogens with one attached hydrogen (secondary N) is 1. The van der Waals surface area contributed by atoms with Crippen molar-refractivity contribution >= 4 is 11.9 Å². The van der Waals surface area contributed by atoms with Gasteiger partial charge in [-0.2, -0.15) is 0 Å². The minimum absolute atomic E-state index is 0.118. The van der Waals surface area contributed by atoms with Crippen LogP contribution in [-0.4, -0.2) is 24.1 Å². The van der Waals surface area contributed by atoms with Crippen molar-refractivity contribution in [1.29, 1.82) is 0 Å². The zero-order valence-corrected chi connectivity index (χ0v) is 13.5. The molecule has 23 heavy (non-hydrogen) atoms. The summed E-state index contributed by atoms with van der Waals surface area (Å²) in [6.45, 7) is 1.92. The molecule has 5 heteroatoms. The number of carboxylic acids is 1. The summed E-state index contributed by atoms with van der Waals surface area (Å²) in [4.78, 5) is 24.2. The third-order valence-corrected chi connectivity index (χ3v) is 5.48. The minimum Gasteiger partial charge on any atom is -0.497 e. The van der Waals surface area contributed by atoms with Crippen molar-refractivity contribution in [3.8, 4) is 5.75 Å². The summed E-state index contributed by atoms with van der Waals surface area (Å²) in [6, 6.07) is 7.39. The summed E-state index contributed by atoms with van der Waals surface area (Å²) in [5.74, 6) is -0.675. The van der Waals surface area contributed by atoms with Gasteiger partial charge >= 0.3 is 5.97 Å². The van der Waals surface area contributed by atoms with Gasteiger partial charge in [-0.25, -0.2) is 0 Å². The van der Waals surface area contributed by atoms with Crippen LogP contribution in [0.1, 0.15) is 37.8 Å². The van der Waals surface area contributed by atoms with Crippen LogP contribution in [0.2, 0.25) is 0 Å². The molecule has 0 aliphatic heterocycles. The van der Waals surface area contributed by atoms with Gasteiger partial charge in [0.25, 0.3) is 0 Å². The molecule has 0 spiro atoms. The average molecular weight is 317 g/mol. The quantitative estimate of drug-likeness (QED) is 0.875. The number of aliphatic carboxylic acids is 1. The van der Waals surface area contributed by atoms with E-state index < -0.39 is 11.9 Å². The molecule has 1 amide bonds. The summed E-state index contributed by atoms with van der Waals surface area (Å²) >= 11 is 0. The van der Waals surface area contributed by atoms with E-state index >= 15 is 0 Å². The largest absolute Gasteiger partial charge is 0.497 e. The van der Waals surface area contributed by atoms with Gasteiger partial charge in [0.05, 0.1) is 25.0 Å². The van der Waals surface area contributed by atoms with Gasteiger partial charge in [0.15, 0.2) is 0 Å². The molecule has 1 aromatic rings. The van der Waals surface area contributed by atoms with E-state index in [9.17, 15) is 14.7 Å². The van der Waals surface area contributed by atoms with Crippen molar-refractivity contribution in [2.75, 3.05) is 7.11 Å². The van der Waals surface area contributed by atoms with E-state index in [1.54, 1.807) is 7.11 Å². The SMILES string of the molecule is COc1ccc([C@H](C)NC(=O)[C@H]2[C@@H]3CC[C@@H](C3)[C@@H]2C(=O)O)cc1. The Labute approximate surface area is 136 Å². The van der Waals surface area contributed by atoms with E-state index in [4.69, 9.17) is 4.74 Å². The van der Waals surface area contributed by atoms with Gasteiger partial charge in [-0.1, -0.05) is 12.1 Å². The molecular formula is C18H23NO4. The fourth-order valence-electron chi connectivity index (χ4n) is 4.31. The fraction of sp³-hybridized carbons (Fsp3) is 0.556. The maximum atomic E-state index is 12.7. The van der Waals surface area contributed by atoms with Crippen LogP contribution in [-0.2, 0) is 9.59 Å². The van der Waals surface area contributed by atoms with E-state index in [1.807, 2.05) is 31.2 Å². The molecule has 0 heterocycles. The Kier molecular flexibility index (Phi) is 4.28. The van der Waals surface area contributed by atoms with E-state index in [2.05, 4.69) is 5.32 Å². The minimum atomic E-state index is -0.825. The van der Waals surface area contributed by atoms with Crippen molar-refractivity contribution in [2.45, 2.75) is 32.2 Å². The summed E-state index contributed by atoms with van der Waals surface area (Å²) in [7, 11) is 1.61. The Hall–Kier alpha value is -2.04. The number of hydrogen-bond donors (Lipinski definition) is 2. The molecule has 5 atom stereocenters. The summed E-state index contributed by atoms with van der Waals surface area (Å²) in [5, 5.41) is 12.5. The maximum Gasteiger partial charge on any atom is 0.307 e. The number of fused-ring (bicyclic) bond motifs is 2. The predicted octanol–water partition coefficient (Wildman–Crippen LogP) is 2.62. The molecule has 2 aliphatic carbocycles. The Morgan fingerprint density at radius 1 is 1.17 bits per heavy atom.